The van der Waals surface area contributed by atoms with Gasteiger partial charge < -0.3 is 10.5 Å². The van der Waals surface area contributed by atoms with Gasteiger partial charge in [-0.1, -0.05) is 11.6 Å². The van der Waals surface area contributed by atoms with Crippen LogP contribution < -0.4 is 5.73 Å². The third-order valence-electron chi connectivity index (χ3n) is 3.43. The van der Waals surface area contributed by atoms with E-state index in [0.717, 1.165) is 31.0 Å². The predicted octanol–water partition coefficient (Wildman–Crippen LogP) is 2.76. The van der Waals surface area contributed by atoms with Gasteiger partial charge in [0.15, 0.2) is 0 Å². The van der Waals surface area contributed by atoms with Crippen molar-refractivity contribution >= 4 is 35.3 Å². The van der Waals surface area contributed by atoms with Crippen molar-refractivity contribution in [2.24, 2.45) is 5.73 Å². The molecular formula is C12H20Cl2N2OS. The Morgan fingerprint density at radius 1 is 1.61 bits per heavy atom. The number of nitrogens with zero attached hydrogens (tertiary/aromatic N) is 1. The molecule has 1 aliphatic heterocycles. The summed E-state index contributed by atoms with van der Waals surface area (Å²) in [4.78, 5) is 3.66. The average Bonchev–Trinajstić information content (AvgIpc) is 2.75. The van der Waals surface area contributed by atoms with Gasteiger partial charge in [0, 0.05) is 37.7 Å². The number of hydrogen-bond acceptors (Lipinski definition) is 4. The van der Waals surface area contributed by atoms with Gasteiger partial charge in [0.05, 0.1) is 11.1 Å². The zero-order chi connectivity index (χ0) is 12.3. The van der Waals surface area contributed by atoms with Crippen LogP contribution in [0.1, 0.15) is 17.7 Å². The van der Waals surface area contributed by atoms with E-state index in [9.17, 15) is 0 Å². The molecule has 2 atom stereocenters. The molecule has 18 heavy (non-hydrogen) atoms. The number of ether oxygens (including phenoxy) is 1. The predicted molar refractivity (Wildman–Crippen MR) is 79.9 cm³/mol. The van der Waals surface area contributed by atoms with Gasteiger partial charge in [0.1, 0.15) is 0 Å². The summed E-state index contributed by atoms with van der Waals surface area (Å²) >= 11 is 7.85. The largest absolute Gasteiger partial charge is 0.381 e. The molecule has 3 nitrogen and oxygen atoms in total. The van der Waals surface area contributed by atoms with Crippen molar-refractivity contribution in [2.75, 3.05) is 20.2 Å². The molecule has 0 saturated carbocycles. The van der Waals surface area contributed by atoms with Gasteiger partial charge in [-0.3, -0.25) is 4.90 Å². The summed E-state index contributed by atoms with van der Waals surface area (Å²) in [6.45, 7) is 2.63. The normalized spacial score (nSPS) is 24.8. The standard InChI is InChI=1S/C12H19ClN2OS.ClH/c1-16-10-2-4-15(9(6-10)7-14)8-12-11(13)3-5-17-12;/h3,5,9-10H,2,4,6-8,14H2,1H3;1H. The Morgan fingerprint density at radius 2 is 2.39 bits per heavy atom. The molecule has 6 heteroatoms. The minimum absolute atomic E-state index is 0. The smallest absolute Gasteiger partial charge is 0.0599 e. The first-order valence-electron chi connectivity index (χ1n) is 5.93. The van der Waals surface area contributed by atoms with Crippen molar-refractivity contribution in [1.82, 2.24) is 4.90 Å². The monoisotopic (exact) mass is 310 g/mol. The van der Waals surface area contributed by atoms with Crippen LogP contribution in [0.2, 0.25) is 5.02 Å². The maximum atomic E-state index is 6.13. The van der Waals surface area contributed by atoms with E-state index >= 15 is 0 Å². The minimum Gasteiger partial charge on any atom is -0.381 e. The first-order chi connectivity index (χ1) is 8.24. The van der Waals surface area contributed by atoms with Crippen LogP contribution in [0.4, 0.5) is 0 Å². The fraction of sp³-hybridized carbons (Fsp3) is 0.667. The quantitative estimate of drug-likeness (QED) is 0.929. The maximum absolute atomic E-state index is 6.13. The van der Waals surface area contributed by atoms with Crippen molar-refractivity contribution in [2.45, 2.75) is 31.5 Å². The summed E-state index contributed by atoms with van der Waals surface area (Å²) in [5, 5.41) is 2.91. The zero-order valence-electron chi connectivity index (χ0n) is 10.5. The average molecular weight is 311 g/mol. The number of likely N-dealkylation sites (tertiary alicyclic amines) is 1. The van der Waals surface area contributed by atoms with E-state index in [-0.39, 0.29) is 12.4 Å². The first kappa shape index (κ1) is 16.2. The van der Waals surface area contributed by atoms with Crippen LogP contribution in [-0.2, 0) is 11.3 Å². The summed E-state index contributed by atoms with van der Waals surface area (Å²) < 4.78 is 5.42. The van der Waals surface area contributed by atoms with Gasteiger partial charge in [-0.15, -0.1) is 23.7 Å². The number of nitrogens with two attached hydrogens (primary N) is 1. The van der Waals surface area contributed by atoms with Gasteiger partial charge in [-0.05, 0) is 24.3 Å². The van der Waals surface area contributed by atoms with E-state index in [4.69, 9.17) is 22.1 Å². The van der Waals surface area contributed by atoms with E-state index < -0.39 is 0 Å². The Hall–Kier alpha value is 0.160. The second-order valence-electron chi connectivity index (χ2n) is 4.43. The van der Waals surface area contributed by atoms with E-state index in [2.05, 4.69) is 4.90 Å². The zero-order valence-corrected chi connectivity index (χ0v) is 12.9. The lowest BCUT2D eigenvalue weighted by molar-refractivity contribution is 0.0106. The van der Waals surface area contributed by atoms with Gasteiger partial charge >= 0.3 is 0 Å². The van der Waals surface area contributed by atoms with Crippen LogP contribution in [0, 0.1) is 0 Å². The van der Waals surface area contributed by atoms with Crippen molar-refractivity contribution in [3.05, 3.63) is 21.3 Å². The molecule has 0 radical (unpaired) electrons. The molecule has 0 amide bonds. The van der Waals surface area contributed by atoms with E-state index in [0.29, 0.717) is 18.7 Å². The Kier molecular flexibility index (Phi) is 6.92. The molecule has 0 bridgehead atoms. The van der Waals surface area contributed by atoms with Crippen LogP contribution in [0.15, 0.2) is 11.4 Å². The third kappa shape index (κ3) is 3.83. The Balaban J connectivity index is 0.00000162. The SMILES string of the molecule is COC1CCN(Cc2sccc2Cl)C(CN)C1.Cl. The number of hydrogen-bond donors (Lipinski definition) is 1. The molecule has 1 aromatic rings. The number of piperidine rings is 1. The second-order valence-corrected chi connectivity index (χ2v) is 5.84. The fourth-order valence-electron chi connectivity index (χ4n) is 2.35. The second kappa shape index (κ2) is 7.68. The van der Waals surface area contributed by atoms with Crippen LogP contribution >= 0.6 is 35.3 Å². The lowest BCUT2D eigenvalue weighted by Gasteiger charge is -2.38. The fourth-order valence-corrected chi connectivity index (χ4v) is 3.47. The Bertz CT molecular complexity index is 362. The highest BCUT2D eigenvalue weighted by molar-refractivity contribution is 7.10. The summed E-state index contributed by atoms with van der Waals surface area (Å²) in [5.74, 6) is 0. The summed E-state index contributed by atoms with van der Waals surface area (Å²) in [7, 11) is 1.78. The van der Waals surface area contributed by atoms with Gasteiger partial charge in [0.2, 0.25) is 0 Å². The lowest BCUT2D eigenvalue weighted by atomic mass is 9.99. The number of halogens is 2. The van der Waals surface area contributed by atoms with Crippen LogP contribution in [-0.4, -0.2) is 37.2 Å². The molecule has 1 aliphatic rings. The molecule has 2 unspecified atom stereocenters. The topological polar surface area (TPSA) is 38.5 Å². The Morgan fingerprint density at radius 3 is 2.94 bits per heavy atom. The molecule has 104 valence electrons. The molecule has 0 aromatic carbocycles. The summed E-state index contributed by atoms with van der Waals surface area (Å²) in [5.41, 5.74) is 5.85. The summed E-state index contributed by atoms with van der Waals surface area (Å²) in [6.07, 6.45) is 2.46. The van der Waals surface area contributed by atoms with E-state index in [1.54, 1.807) is 18.4 Å². The van der Waals surface area contributed by atoms with E-state index in [1.165, 1.54) is 4.88 Å². The minimum atomic E-state index is 0. The van der Waals surface area contributed by atoms with Gasteiger partial charge in [0.25, 0.3) is 0 Å². The molecule has 2 N–H and O–H groups in total. The van der Waals surface area contributed by atoms with Gasteiger partial charge in [-0.25, -0.2) is 0 Å². The van der Waals surface area contributed by atoms with Crippen molar-refractivity contribution in [1.29, 1.82) is 0 Å². The van der Waals surface area contributed by atoms with Crippen LogP contribution in [0.5, 0.6) is 0 Å². The molecule has 1 fully saturated rings. The van der Waals surface area contributed by atoms with Crippen molar-refractivity contribution in [3.63, 3.8) is 0 Å². The molecule has 1 saturated heterocycles. The lowest BCUT2D eigenvalue weighted by Crippen LogP contribution is -2.47. The highest BCUT2D eigenvalue weighted by Crippen LogP contribution is 2.27. The highest BCUT2D eigenvalue weighted by Gasteiger charge is 2.27. The Labute approximate surface area is 124 Å². The molecule has 0 spiro atoms. The number of thiophene rings is 1. The van der Waals surface area contributed by atoms with Crippen molar-refractivity contribution < 1.29 is 4.74 Å². The van der Waals surface area contributed by atoms with Gasteiger partial charge in [-0.2, -0.15) is 0 Å². The first-order valence-corrected chi connectivity index (χ1v) is 7.19. The van der Waals surface area contributed by atoms with Crippen LogP contribution in [0.3, 0.4) is 0 Å². The third-order valence-corrected chi connectivity index (χ3v) is 4.80. The maximum Gasteiger partial charge on any atom is 0.0599 e. The molecule has 0 aliphatic carbocycles. The molecule has 2 rings (SSSR count). The molecule has 2 heterocycles. The number of rotatable bonds is 4. The van der Waals surface area contributed by atoms with E-state index in [1.807, 2.05) is 11.4 Å². The highest BCUT2D eigenvalue weighted by atomic mass is 35.5. The van der Waals surface area contributed by atoms with Crippen LogP contribution in [0.25, 0.3) is 0 Å². The van der Waals surface area contributed by atoms with Crippen molar-refractivity contribution in [3.8, 4) is 0 Å². The number of methoxy groups -OCH3 is 1. The molecule has 1 aromatic heterocycles. The molecular weight excluding hydrogens is 291 g/mol. The summed E-state index contributed by atoms with van der Waals surface area (Å²) in [6, 6.07) is 2.37.